The van der Waals surface area contributed by atoms with E-state index in [1.54, 1.807) is 12.1 Å². The quantitative estimate of drug-likeness (QED) is 0.0886. The van der Waals surface area contributed by atoms with E-state index >= 15 is 0 Å². The van der Waals surface area contributed by atoms with E-state index in [-0.39, 0.29) is 59.3 Å². The summed E-state index contributed by atoms with van der Waals surface area (Å²) in [4.78, 5) is 45.3. The van der Waals surface area contributed by atoms with E-state index in [0.29, 0.717) is 87.8 Å². The predicted octanol–water partition coefficient (Wildman–Crippen LogP) is 8.99. The van der Waals surface area contributed by atoms with E-state index < -0.39 is 68.9 Å². The van der Waals surface area contributed by atoms with Gasteiger partial charge in [0, 0.05) is 65.8 Å². The van der Waals surface area contributed by atoms with Gasteiger partial charge in [0.2, 0.25) is 11.8 Å². The number of fused-ring (bicyclic) bond motifs is 10. The lowest BCUT2D eigenvalue weighted by Crippen LogP contribution is -2.42. The third-order valence-electron chi connectivity index (χ3n) is 16.1. The number of carbonyl (C=O) groups excluding carboxylic acids is 2. The summed E-state index contributed by atoms with van der Waals surface area (Å²) in [5.74, 6) is -1.49. The molecule has 3 aliphatic heterocycles. The number of allylic oxidation sites excluding steroid dienone is 7. The number of hydrogen-bond donors (Lipinski definition) is 7. The van der Waals surface area contributed by atoms with Crippen molar-refractivity contribution >= 4 is 86.9 Å². The number of rotatable bonds is 6. The van der Waals surface area contributed by atoms with Crippen LogP contribution in [0.15, 0.2) is 116 Å². The fourth-order valence-electron chi connectivity index (χ4n) is 11.7. The minimum absolute atomic E-state index is 0.0664. The summed E-state index contributed by atoms with van der Waals surface area (Å²) in [7, 11) is -14.4. The molecule has 19 nitrogen and oxygen atoms in total. The molecule has 0 fully saturated rings. The number of anilines is 2. The van der Waals surface area contributed by atoms with Gasteiger partial charge < -0.3 is 31.3 Å². The lowest BCUT2D eigenvalue weighted by Gasteiger charge is -2.35. The van der Waals surface area contributed by atoms with Crippen molar-refractivity contribution < 1.29 is 58.4 Å². The summed E-state index contributed by atoms with van der Waals surface area (Å²) in [6.07, 6.45) is 19.8. The molecule has 432 valence electrons. The summed E-state index contributed by atoms with van der Waals surface area (Å²) in [6.45, 7) is 11.4. The molecule has 4 aromatic carbocycles. The van der Waals surface area contributed by atoms with Gasteiger partial charge in [-0.2, -0.15) is 25.3 Å². The molecule has 4 aromatic rings. The number of amides is 2. The van der Waals surface area contributed by atoms with E-state index in [4.69, 9.17) is 5.73 Å². The fourth-order valence-corrected chi connectivity index (χ4v) is 13.6. The van der Waals surface area contributed by atoms with Crippen molar-refractivity contribution in [2.24, 2.45) is 10.7 Å². The number of carboxylic acid groups (broad SMARTS) is 1. The first kappa shape index (κ1) is 61.2. The predicted molar refractivity (Wildman–Crippen MR) is 311 cm³/mol. The highest BCUT2D eigenvalue weighted by Gasteiger charge is 2.47. The lowest BCUT2D eigenvalue weighted by atomic mass is 9.74. The molecule has 4 unspecified atom stereocenters. The molecule has 3 heterocycles. The van der Waals surface area contributed by atoms with Crippen LogP contribution in [0.2, 0.25) is 0 Å². The average Bonchev–Trinajstić information content (AvgIpc) is 3.83. The van der Waals surface area contributed by atoms with Gasteiger partial charge in [-0.25, -0.2) is 4.79 Å². The molecule has 22 heteroatoms. The van der Waals surface area contributed by atoms with E-state index in [0.717, 1.165) is 46.6 Å². The van der Waals surface area contributed by atoms with Crippen LogP contribution in [0, 0.1) is 6.92 Å². The number of hydrogen-bond acceptors (Lipinski definition) is 13. The molecule has 0 spiro atoms. The van der Waals surface area contributed by atoms with Gasteiger partial charge in [0.15, 0.2) is 0 Å². The topological polar surface area (TPSA) is 303 Å². The number of aliphatic carboxylic acids is 1. The molecule has 4 atom stereocenters. The highest BCUT2D eigenvalue weighted by Crippen LogP contribution is 2.54. The maximum absolute atomic E-state index is 13.1. The third kappa shape index (κ3) is 13.5. The van der Waals surface area contributed by atoms with Gasteiger partial charge in [0.1, 0.15) is 16.8 Å². The largest absolute Gasteiger partial charge is 0.480 e. The molecule has 0 saturated heterocycles. The van der Waals surface area contributed by atoms with E-state index in [1.807, 2.05) is 63.3 Å². The normalized spacial score (nSPS) is 23.1. The molecule has 8 N–H and O–H groups in total. The van der Waals surface area contributed by atoms with Crippen LogP contribution in [0.1, 0.15) is 128 Å². The van der Waals surface area contributed by atoms with Crippen LogP contribution in [-0.2, 0) is 55.6 Å². The van der Waals surface area contributed by atoms with E-state index in [1.165, 1.54) is 18.2 Å². The maximum Gasteiger partial charge on any atom is 0.326 e. The Labute approximate surface area is 469 Å². The zero-order valence-corrected chi connectivity index (χ0v) is 48.4. The second kappa shape index (κ2) is 25.2. The summed E-state index contributed by atoms with van der Waals surface area (Å²) in [5.41, 5.74) is 9.39. The molecular weight excluding hydrogens is 1080 g/mol. The number of nitrogens with zero attached hydrogens (tertiary/aromatic N) is 3. The van der Waals surface area contributed by atoms with E-state index in [2.05, 4.69) is 51.4 Å². The third-order valence-corrected chi connectivity index (χ3v) is 18.7. The Morgan fingerprint density at radius 2 is 1.31 bits per heavy atom. The van der Waals surface area contributed by atoms with Crippen molar-refractivity contribution in [3.05, 3.63) is 113 Å². The van der Waals surface area contributed by atoms with Crippen LogP contribution in [-0.4, -0.2) is 106 Å². The Morgan fingerprint density at radius 3 is 1.96 bits per heavy atom. The summed E-state index contributed by atoms with van der Waals surface area (Å²) in [6, 6.07) is 11.0. The number of aryl methyl sites for hydroxylation is 1. The molecule has 0 bridgehead atoms. The first-order valence-corrected chi connectivity index (χ1v) is 31.5. The van der Waals surface area contributed by atoms with Gasteiger partial charge in [0.25, 0.3) is 30.4 Å². The Hall–Kier alpha value is -6.43. The van der Waals surface area contributed by atoms with Crippen LogP contribution >= 0.6 is 0 Å². The minimum atomic E-state index is -4.98. The number of nitrogens with one attached hydrogen (secondary N) is 2. The Morgan fingerprint density at radius 1 is 0.700 bits per heavy atom. The summed E-state index contributed by atoms with van der Waals surface area (Å²) >= 11 is 0. The van der Waals surface area contributed by atoms with Crippen LogP contribution in [0.4, 0.5) is 11.4 Å². The molecule has 0 radical (unpaired) electrons. The number of benzene rings is 4. The van der Waals surface area contributed by atoms with Crippen molar-refractivity contribution in [3.63, 3.8) is 0 Å². The Kier molecular flexibility index (Phi) is 19.2. The second-order valence-corrected chi connectivity index (χ2v) is 25.6. The zero-order valence-electron chi connectivity index (χ0n) is 45.9. The molecule has 3 aliphatic rings. The SMILES string of the molecule is CCC1(C)C2=CC=CC=CC=CC3N(CCCCCC(=O)NCC(N)=NCCCCC(C(=O)O)NC(=O)CCCCCN2c2ccc4c(S(=O)(=O)O)cc(S(=O)(=O)O)cc4c21)c1ccc2c(C)cc(S(=O)(=O)O)cc2c1C3(C)CC. The van der Waals surface area contributed by atoms with Crippen molar-refractivity contribution in [1.82, 2.24) is 10.6 Å². The second-order valence-electron chi connectivity index (χ2n) is 21.4. The molecule has 0 aliphatic carbocycles. The highest BCUT2D eigenvalue weighted by molar-refractivity contribution is 7.87. The van der Waals surface area contributed by atoms with Gasteiger partial charge in [0.05, 0.1) is 22.4 Å². The number of aliphatic imine (C=N–C) groups is 1. The average molecular weight is 1160 g/mol. The first-order chi connectivity index (χ1) is 37.7. The van der Waals surface area contributed by atoms with Gasteiger partial charge in [-0.15, -0.1) is 0 Å². The molecular formula is C58H74N6O13S3. The van der Waals surface area contributed by atoms with Crippen LogP contribution in [0.25, 0.3) is 21.5 Å². The molecule has 0 aromatic heterocycles. The van der Waals surface area contributed by atoms with Gasteiger partial charge in [-0.05, 0) is 147 Å². The maximum atomic E-state index is 13.1. The lowest BCUT2D eigenvalue weighted by molar-refractivity contribution is -0.142. The standard InChI is InChI=1S/C58H74N6O13S3/c1-6-57(4)49-22-13-9-8-10-14-23-50-58(5,7-2)55-44-35-40(79(72,73)74)36-48(80(75,76)77)42(44)27-29-47(55)64(50)32-20-12-16-25-53(66)62-45(56(67)68)21-17-18-30-60-51(59)37-61-52(65)24-15-11-19-31-63(49)46-28-26-41-38(3)33-39(78(69,70)71)34-43(41)54(46)57/h8-10,13-14,22-23,26-29,33-36,45,49H,6-7,11-12,15-21,24-25,30-32,37H2,1-5H3,(H2,59,60)(H,61,65)(H,62,66)(H,67,68)(H,69,70,71)(H,72,73,74)(H,75,76,77). The summed E-state index contributed by atoms with van der Waals surface area (Å²) < 4.78 is 107. The van der Waals surface area contributed by atoms with E-state index in [9.17, 15) is 58.4 Å². The smallest absolute Gasteiger partial charge is 0.326 e. The molecule has 0 saturated carbocycles. The van der Waals surface area contributed by atoms with Crippen molar-refractivity contribution in [2.45, 2.75) is 156 Å². The van der Waals surface area contributed by atoms with Crippen molar-refractivity contribution in [2.75, 3.05) is 36.0 Å². The molecule has 7 rings (SSSR count). The Bertz CT molecular complexity index is 3560. The van der Waals surface area contributed by atoms with Gasteiger partial charge >= 0.3 is 5.97 Å². The van der Waals surface area contributed by atoms with Crippen molar-refractivity contribution in [3.8, 4) is 0 Å². The fraction of sp³-hybridized carbons (Fsp3) is 0.448. The van der Waals surface area contributed by atoms with Crippen molar-refractivity contribution in [1.29, 1.82) is 0 Å². The molecule has 80 heavy (non-hydrogen) atoms. The summed E-state index contributed by atoms with van der Waals surface area (Å²) in [5, 5.41) is 17.3. The molecule has 2 amide bonds. The number of nitrogens with two attached hydrogens (primary N) is 1. The number of amidine groups is 1. The van der Waals surface area contributed by atoms with Crippen LogP contribution in [0.3, 0.4) is 0 Å². The monoisotopic (exact) mass is 1160 g/mol. The Balaban J connectivity index is 1.26. The first-order valence-electron chi connectivity index (χ1n) is 27.2. The van der Waals surface area contributed by atoms with Crippen LogP contribution < -0.4 is 26.2 Å². The number of carbonyl (C=O) groups is 3. The minimum Gasteiger partial charge on any atom is -0.480 e. The zero-order chi connectivity index (χ0) is 58.4. The highest BCUT2D eigenvalue weighted by atomic mass is 32.2. The van der Waals surface area contributed by atoms with Gasteiger partial charge in [-0.1, -0.05) is 82.2 Å². The van der Waals surface area contributed by atoms with Crippen LogP contribution in [0.5, 0.6) is 0 Å². The number of carboxylic acids is 1. The van der Waals surface area contributed by atoms with Gasteiger partial charge in [-0.3, -0.25) is 28.2 Å².